The van der Waals surface area contributed by atoms with Crippen molar-refractivity contribution in [3.63, 3.8) is 0 Å². The summed E-state index contributed by atoms with van der Waals surface area (Å²) in [6, 6.07) is 7.21. The van der Waals surface area contributed by atoms with Crippen LogP contribution in [0.4, 0.5) is 0 Å². The summed E-state index contributed by atoms with van der Waals surface area (Å²) in [7, 11) is -3.37. The molecular weight excluding hydrogens is 272 g/mol. The Kier molecular flexibility index (Phi) is 5.18. The molecule has 5 heteroatoms. The quantitative estimate of drug-likeness (QED) is 0.846. The second kappa shape index (κ2) is 6.70. The molecule has 1 aromatic rings. The van der Waals surface area contributed by atoms with E-state index in [1.54, 1.807) is 12.1 Å². The van der Waals surface area contributed by atoms with Gasteiger partial charge in [0.15, 0.2) is 0 Å². The standard InChI is InChI=1S/C15H24N2O2S/c1-3-16-11-13-5-8-15(9-6-13)20(18,19)17-14-7-4-12(2)10-14/h5-6,8-9,12,14,16-17H,3-4,7,10-11H2,1-2H3. The summed E-state index contributed by atoms with van der Waals surface area (Å²) in [5, 5.41) is 3.22. The lowest BCUT2D eigenvalue weighted by Crippen LogP contribution is -2.32. The Hall–Kier alpha value is -0.910. The first-order chi connectivity index (χ1) is 9.51. The highest BCUT2D eigenvalue weighted by molar-refractivity contribution is 7.89. The molecule has 0 aromatic heterocycles. The van der Waals surface area contributed by atoms with Crippen LogP contribution in [0.1, 0.15) is 38.7 Å². The van der Waals surface area contributed by atoms with Gasteiger partial charge in [-0.25, -0.2) is 13.1 Å². The van der Waals surface area contributed by atoms with E-state index in [1.165, 1.54) is 0 Å². The summed E-state index contributed by atoms with van der Waals surface area (Å²) in [6.45, 7) is 5.89. The lowest BCUT2D eigenvalue weighted by Gasteiger charge is -2.13. The minimum atomic E-state index is -3.37. The molecule has 20 heavy (non-hydrogen) atoms. The summed E-state index contributed by atoms with van der Waals surface area (Å²) in [4.78, 5) is 0.359. The van der Waals surface area contributed by atoms with Gasteiger partial charge in [-0.2, -0.15) is 0 Å². The molecule has 1 saturated carbocycles. The minimum absolute atomic E-state index is 0.0939. The van der Waals surface area contributed by atoms with E-state index < -0.39 is 10.0 Å². The molecule has 1 aliphatic rings. The zero-order valence-electron chi connectivity index (χ0n) is 12.2. The van der Waals surface area contributed by atoms with Gasteiger partial charge in [0.05, 0.1) is 4.90 Å². The van der Waals surface area contributed by atoms with E-state index in [4.69, 9.17) is 0 Å². The van der Waals surface area contributed by atoms with Crippen LogP contribution in [0.15, 0.2) is 29.2 Å². The Morgan fingerprint density at radius 2 is 1.90 bits per heavy atom. The van der Waals surface area contributed by atoms with Crippen LogP contribution in [0, 0.1) is 5.92 Å². The van der Waals surface area contributed by atoms with Crippen molar-refractivity contribution in [2.24, 2.45) is 5.92 Å². The van der Waals surface area contributed by atoms with Crippen LogP contribution >= 0.6 is 0 Å². The first-order valence-corrected chi connectivity index (χ1v) is 8.81. The third-order valence-electron chi connectivity index (χ3n) is 3.83. The largest absolute Gasteiger partial charge is 0.313 e. The number of nitrogens with one attached hydrogen (secondary N) is 2. The van der Waals surface area contributed by atoms with Crippen molar-refractivity contribution in [2.45, 2.75) is 50.6 Å². The Labute approximate surface area is 122 Å². The minimum Gasteiger partial charge on any atom is -0.313 e. The van der Waals surface area contributed by atoms with Crippen molar-refractivity contribution in [2.75, 3.05) is 6.54 Å². The number of rotatable bonds is 6. The topological polar surface area (TPSA) is 58.2 Å². The van der Waals surface area contributed by atoms with E-state index in [2.05, 4.69) is 17.0 Å². The van der Waals surface area contributed by atoms with Crippen molar-refractivity contribution >= 4 is 10.0 Å². The molecule has 2 unspecified atom stereocenters. The third-order valence-corrected chi connectivity index (χ3v) is 5.37. The molecule has 0 radical (unpaired) electrons. The molecule has 2 atom stereocenters. The van der Waals surface area contributed by atoms with Crippen LogP contribution in [0.2, 0.25) is 0 Å². The van der Waals surface area contributed by atoms with Gasteiger partial charge in [0, 0.05) is 12.6 Å². The predicted octanol–water partition coefficient (Wildman–Crippen LogP) is 2.26. The SMILES string of the molecule is CCNCc1ccc(S(=O)(=O)NC2CCC(C)C2)cc1. The van der Waals surface area contributed by atoms with Crippen LogP contribution in [0.5, 0.6) is 0 Å². The molecule has 0 spiro atoms. The molecule has 0 bridgehead atoms. The van der Waals surface area contributed by atoms with Crippen LogP contribution in [-0.2, 0) is 16.6 Å². The average molecular weight is 296 g/mol. The number of hydrogen-bond donors (Lipinski definition) is 2. The van der Waals surface area contributed by atoms with Crippen LogP contribution in [-0.4, -0.2) is 21.0 Å². The Bertz CT molecular complexity index is 525. The summed E-state index contributed by atoms with van der Waals surface area (Å²) in [5.74, 6) is 0.616. The lowest BCUT2D eigenvalue weighted by molar-refractivity contribution is 0.538. The molecule has 1 aromatic carbocycles. The first kappa shape index (κ1) is 15.5. The third kappa shape index (κ3) is 4.04. The van der Waals surface area contributed by atoms with Gasteiger partial charge in [0.1, 0.15) is 0 Å². The molecule has 4 nitrogen and oxygen atoms in total. The van der Waals surface area contributed by atoms with E-state index in [-0.39, 0.29) is 6.04 Å². The van der Waals surface area contributed by atoms with E-state index in [9.17, 15) is 8.42 Å². The van der Waals surface area contributed by atoms with E-state index in [1.807, 2.05) is 19.1 Å². The molecule has 0 heterocycles. The fraction of sp³-hybridized carbons (Fsp3) is 0.600. The summed E-state index contributed by atoms with van der Waals surface area (Å²) >= 11 is 0. The maximum absolute atomic E-state index is 12.3. The molecule has 2 N–H and O–H groups in total. The molecule has 1 fully saturated rings. The van der Waals surface area contributed by atoms with E-state index in [0.717, 1.165) is 37.9 Å². The van der Waals surface area contributed by atoms with Gasteiger partial charge in [-0.05, 0) is 49.4 Å². The van der Waals surface area contributed by atoms with Gasteiger partial charge in [0.2, 0.25) is 10.0 Å². The fourth-order valence-electron chi connectivity index (χ4n) is 2.66. The maximum Gasteiger partial charge on any atom is 0.240 e. The second-order valence-corrected chi connectivity index (χ2v) is 7.37. The summed E-state index contributed by atoms with van der Waals surface area (Å²) in [5.41, 5.74) is 1.10. The molecule has 0 aliphatic heterocycles. The Morgan fingerprint density at radius 1 is 1.20 bits per heavy atom. The Morgan fingerprint density at radius 3 is 2.45 bits per heavy atom. The summed E-state index contributed by atoms with van der Waals surface area (Å²) < 4.78 is 27.4. The van der Waals surface area contributed by atoms with Gasteiger partial charge in [-0.15, -0.1) is 0 Å². The van der Waals surface area contributed by atoms with Crippen LogP contribution in [0.25, 0.3) is 0 Å². The van der Waals surface area contributed by atoms with Crippen molar-refractivity contribution in [3.05, 3.63) is 29.8 Å². The van der Waals surface area contributed by atoms with Crippen molar-refractivity contribution in [1.82, 2.24) is 10.0 Å². The van der Waals surface area contributed by atoms with Crippen LogP contribution < -0.4 is 10.0 Å². The first-order valence-electron chi connectivity index (χ1n) is 7.33. The maximum atomic E-state index is 12.3. The van der Waals surface area contributed by atoms with Crippen molar-refractivity contribution < 1.29 is 8.42 Å². The number of hydrogen-bond acceptors (Lipinski definition) is 3. The monoisotopic (exact) mass is 296 g/mol. The zero-order valence-corrected chi connectivity index (χ0v) is 13.0. The molecule has 0 saturated heterocycles. The second-order valence-electron chi connectivity index (χ2n) is 5.66. The van der Waals surface area contributed by atoms with Crippen molar-refractivity contribution in [1.29, 1.82) is 0 Å². The highest BCUT2D eigenvalue weighted by Gasteiger charge is 2.26. The van der Waals surface area contributed by atoms with E-state index in [0.29, 0.717) is 10.8 Å². The van der Waals surface area contributed by atoms with Gasteiger partial charge in [0.25, 0.3) is 0 Å². The van der Waals surface area contributed by atoms with Crippen molar-refractivity contribution in [3.8, 4) is 0 Å². The van der Waals surface area contributed by atoms with Crippen LogP contribution in [0.3, 0.4) is 0 Å². The average Bonchev–Trinajstić information content (AvgIpc) is 2.81. The predicted molar refractivity (Wildman–Crippen MR) is 80.9 cm³/mol. The lowest BCUT2D eigenvalue weighted by atomic mass is 10.1. The van der Waals surface area contributed by atoms with Gasteiger partial charge >= 0.3 is 0 Å². The van der Waals surface area contributed by atoms with Gasteiger partial charge in [-0.1, -0.05) is 26.0 Å². The van der Waals surface area contributed by atoms with Gasteiger partial charge < -0.3 is 5.32 Å². The number of benzene rings is 1. The number of sulfonamides is 1. The molecular formula is C15H24N2O2S. The molecule has 1 aliphatic carbocycles. The van der Waals surface area contributed by atoms with Gasteiger partial charge in [-0.3, -0.25) is 0 Å². The fourth-order valence-corrected chi connectivity index (χ4v) is 3.94. The smallest absolute Gasteiger partial charge is 0.240 e. The molecule has 0 amide bonds. The molecule has 2 rings (SSSR count). The summed E-state index contributed by atoms with van der Waals surface area (Å²) in [6.07, 6.45) is 2.99. The highest BCUT2D eigenvalue weighted by Crippen LogP contribution is 2.26. The molecule has 112 valence electrons. The van der Waals surface area contributed by atoms with E-state index >= 15 is 0 Å². The Balaban J connectivity index is 2.01. The highest BCUT2D eigenvalue weighted by atomic mass is 32.2. The zero-order chi connectivity index (χ0) is 14.6. The normalized spacial score (nSPS) is 23.1.